The molecule has 1 unspecified atom stereocenters. The van der Waals surface area contributed by atoms with E-state index in [0.29, 0.717) is 49.0 Å². The van der Waals surface area contributed by atoms with Crippen molar-refractivity contribution in [1.82, 2.24) is 14.7 Å². The zero-order valence-corrected chi connectivity index (χ0v) is 28.0. The van der Waals surface area contributed by atoms with Gasteiger partial charge in [0.25, 0.3) is 0 Å². The monoisotopic (exact) mass is 633 g/mol. The van der Waals surface area contributed by atoms with Crippen LogP contribution in [0.5, 0.6) is 0 Å². The Bertz CT molecular complexity index is 1410. The summed E-state index contributed by atoms with van der Waals surface area (Å²) in [7, 11) is -1.28. The van der Waals surface area contributed by atoms with Crippen LogP contribution in [0.15, 0.2) is 48.7 Å². The highest BCUT2D eigenvalue weighted by molar-refractivity contribution is 6.76. The average Bonchev–Trinajstić information content (AvgIpc) is 3.35. The molecule has 3 aromatic rings. The van der Waals surface area contributed by atoms with Crippen LogP contribution in [0.1, 0.15) is 63.3 Å². The molecule has 11 heteroatoms. The van der Waals surface area contributed by atoms with Gasteiger partial charge in [0.05, 0.1) is 23.8 Å². The molecule has 1 saturated heterocycles. The Kier molecular flexibility index (Phi) is 10.2. The number of halogens is 3. The Morgan fingerprint density at radius 2 is 1.73 bits per heavy atom. The standard InChI is InChI=1S/C33H46F3N3O4Si/c1-24(28-20-27(33(34,35)36)19-25-21-39(37-29(25)28)23-41-17-18-44(5,6)7)42-22-32(26-11-9-8-10-12-26)13-15-38(16-14-32)30(40)43-31(2,3)4/h8-12,19-21,24H,13-18,22-23H2,1-7H3. The summed E-state index contributed by atoms with van der Waals surface area (Å²) in [5.41, 5.74) is 0.173. The summed E-state index contributed by atoms with van der Waals surface area (Å²) in [6.07, 6.45) is -2.67. The summed E-state index contributed by atoms with van der Waals surface area (Å²) in [6.45, 7) is 16.1. The van der Waals surface area contributed by atoms with Crippen LogP contribution in [-0.4, -0.2) is 60.8 Å². The maximum absolute atomic E-state index is 14.0. The van der Waals surface area contributed by atoms with Crippen molar-refractivity contribution in [2.45, 2.75) is 96.2 Å². The Morgan fingerprint density at radius 3 is 2.32 bits per heavy atom. The van der Waals surface area contributed by atoms with Gasteiger partial charge in [-0.3, -0.25) is 0 Å². The molecule has 1 amide bonds. The van der Waals surface area contributed by atoms with Crippen LogP contribution in [0.4, 0.5) is 18.0 Å². The second kappa shape index (κ2) is 13.2. The van der Waals surface area contributed by atoms with E-state index >= 15 is 0 Å². The largest absolute Gasteiger partial charge is 0.444 e. The number of carbonyl (C=O) groups excluding carboxylic acids is 1. The molecule has 7 nitrogen and oxygen atoms in total. The molecular weight excluding hydrogens is 587 g/mol. The van der Waals surface area contributed by atoms with E-state index in [1.165, 1.54) is 0 Å². The molecule has 0 bridgehead atoms. The van der Waals surface area contributed by atoms with Crippen molar-refractivity contribution in [1.29, 1.82) is 0 Å². The van der Waals surface area contributed by atoms with Crippen molar-refractivity contribution in [3.8, 4) is 0 Å². The van der Waals surface area contributed by atoms with E-state index < -0.39 is 36.9 Å². The summed E-state index contributed by atoms with van der Waals surface area (Å²) in [5.74, 6) is 0. The van der Waals surface area contributed by atoms with Gasteiger partial charge in [0.15, 0.2) is 0 Å². The normalized spacial score (nSPS) is 16.7. The molecule has 1 atom stereocenters. The number of benzene rings is 2. The van der Waals surface area contributed by atoms with Gasteiger partial charge in [-0.05, 0) is 64.3 Å². The number of ether oxygens (including phenoxy) is 3. The summed E-state index contributed by atoms with van der Waals surface area (Å²) in [4.78, 5) is 14.5. The lowest BCUT2D eigenvalue weighted by Crippen LogP contribution is -2.48. The molecule has 4 rings (SSSR count). The predicted octanol–water partition coefficient (Wildman–Crippen LogP) is 8.41. The van der Waals surface area contributed by atoms with E-state index in [9.17, 15) is 18.0 Å². The highest BCUT2D eigenvalue weighted by Gasteiger charge is 2.40. The van der Waals surface area contributed by atoms with Gasteiger partial charge in [0, 0.05) is 50.3 Å². The lowest BCUT2D eigenvalue weighted by Gasteiger charge is -2.42. The molecule has 1 aliphatic rings. The van der Waals surface area contributed by atoms with Crippen LogP contribution in [0.25, 0.3) is 10.9 Å². The number of hydrogen-bond acceptors (Lipinski definition) is 5. The minimum atomic E-state index is -4.52. The van der Waals surface area contributed by atoms with E-state index in [0.717, 1.165) is 23.7 Å². The molecule has 0 aliphatic carbocycles. The quantitative estimate of drug-likeness (QED) is 0.166. The fraction of sp³-hybridized carbons (Fsp3) is 0.576. The number of carbonyl (C=O) groups is 1. The van der Waals surface area contributed by atoms with Crippen LogP contribution in [0, 0.1) is 0 Å². The van der Waals surface area contributed by atoms with Gasteiger partial charge in [-0.1, -0.05) is 50.0 Å². The Morgan fingerprint density at radius 1 is 1.07 bits per heavy atom. The number of fused-ring (bicyclic) bond motifs is 1. The second-order valence-electron chi connectivity index (χ2n) is 14.1. The Hall–Kier alpha value is -2.89. The number of aromatic nitrogens is 2. The molecule has 1 aliphatic heterocycles. The number of amides is 1. The predicted molar refractivity (Wildman–Crippen MR) is 168 cm³/mol. The number of nitrogens with zero attached hydrogens (tertiary/aromatic N) is 3. The lowest BCUT2D eigenvalue weighted by molar-refractivity contribution is -0.137. The summed E-state index contributed by atoms with van der Waals surface area (Å²) >= 11 is 0. The van der Waals surface area contributed by atoms with Crippen LogP contribution in [0.3, 0.4) is 0 Å². The van der Waals surface area contributed by atoms with Gasteiger partial charge in [-0.2, -0.15) is 18.3 Å². The highest BCUT2D eigenvalue weighted by Crippen LogP contribution is 2.40. The average molecular weight is 634 g/mol. The maximum Gasteiger partial charge on any atom is 0.416 e. The molecule has 2 aromatic carbocycles. The SMILES string of the molecule is CC(OCC1(c2ccccc2)CCN(C(=O)OC(C)(C)C)CC1)c1cc(C(F)(F)F)cc2cn(COCC[Si](C)(C)C)nc12. The molecule has 44 heavy (non-hydrogen) atoms. The van der Waals surface area contributed by atoms with Crippen LogP contribution in [0.2, 0.25) is 25.7 Å². The van der Waals surface area contributed by atoms with E-state index in [1.807, 2.05) is 51.1 Å². The number of hydrogen-bond donors (Lipinski definition) is 0. The minimum Gasteiger partial charge on any atom is -0.444 e. The van der Waals surface area contributed by atoms with Crippen molar-refractivity contribution in [2.75, 3.05) is 26.3 Å². The van der Waals surface area contributed by atoms with Crippen molar-refractivity contribution in [2.24, 2.45) is 0 Å². The molecule has 0 radical (unpaired) electrons. The molecule has 2 heterocycles. The topological polar surface area (TPSA) is 65.8 Å². The first-order valence-corrected chi connectivity index (χ1v) is 19.0. The third-order valence-electron chi connectivity index (χ3n) is 8.04. The van der Waals surface area contributed by atoms with Crippen LogP contribution < -0.4 is 0 Å². The second-order valence-corrected chi connectivity index (χ2v) is 19.7. The van der Waals surface area contributed by atoms with E-state index in [2.05, 4.69) is 24.7 Å². The third kappa shape index (κ3) is 8.85. The van der Waals surface area contributed by atoms with Crippen molar-refractivity contribution >= 4 is 25.1 Å². The van der Waals surface area contributed by atoms with Gasteiger partial charge in [-0.15, -0.1) is 0 Å². The fourth-order valence-corrected chi connectivity index (χ4v) is 6.17. The first-order valence-electron chi connectivity index (χ1n) is 15.3. The van der Waals surface area contributed by atoms with Gasteiger partial charge < -0.3 is 19.1 Å². The maximum atomic E-state index is 14.0. The minimum absolute atomic E-state index is 0.167. The molecule has 242 valence electrons. The number of piperidine rings is 1. The van der Waals surface area contributed by atoms with Gasteiger partial charge >= 0.3 is 12.3 Å². The van der Waals surface area contributed by atoms with E-state index in [-0.39, 0.29) is 19.4 Å². The molecule has 0 spiro atoms. The summed E-state index contributed by atoms with van der Waals surface area (Å²) in [6, 6.07) is 13.2. The fourth-order valence-electron chi connectivity index (χ4n) is 5.41. The van der Waals surface area contributed by atoms with E-state index in [1.54, 1.807) is 22.7 Å². The molecule has 0 saturated carbocycles. The zero-order valence-electron chi connectivity index (χ0n) is 27.0. The van der Waals surface area contributed by atoms with Crippen LogP contribution in [-0.2, 0) is 32.5 Å². The highest BCUT2D eigenvalue weighted by atomic mass is 28.3. The molecule has 1 aromatic heterocycles. The van der Waals surface area contributed by atoms with Crippen molar-refractivity contribution in [3.05, 3.63) is 65.4 Å². The number of alkyl halides is 3. The first-order chi connectivity index (χ1) is 20.5. The van der Waals surface area contributed by atoms with Gasteiger partial charge in [0.2, 0.25) is 0 Å². The zero-order chi connectivity index (χ0) is 32.3. The Labute approximate surface area is 259 Å². The number of likely N-dealkylation sites (tertiary alicyclic amines) is 1. The van der Waals surface area contributed by atoms with Crippen LogP contribution >= 0.6 is 0 Å². The van der Waals surface area contributed by atoms with Crippen molar-refractivity contribution in [3.63, 3.8) is 0 Å². The van der Waals surface area contributed by atoms with Gasteiger partial charge in [0.1, 0.15) is 12.3 Å². The van der Waals surface area contributed by atoms with Gasteiger partial charge in [-0.25, -0.2) is 9.48 Å². The summed E-state index contributed by atoms with van der Waals surface area (Å²) < 4.78 is 61.3. The molecular formula is C33H46F3N3O4Si. The van der Waals surface area contributed by atoms with Crippen molar-refractivity contribution < 1.29 is 32.2 Å². The lowest BCUT2D eigenvalue weighted by atomic mass is 9.73. The first kappa shape index (κ1) is 34.0. The number of rotatable bonds is 10. The third-order valence-corrected chi connectivity index (χ3v) is 9.74. The molecule has 0 N–H and O–H groups in total. The summed E-state index contributed by atoms with van der Waals surface area (Å²) in [5, 5.41) is 5.01. The Balaban J connectivity index is 1.55. The van der Waals surface area contributed by atoms with E-state index in [4.69, 9.17) is 14.2 Å². The molecule has 1 fully saturated rings. The smallest absolute Gasteiger partial charge is 0.416 e.